The molecule has 0 aromatic carbocycles. The van der Waals surface area contributed by atoms with E-state index in [1.54, 1.807) is 7.11 Å². The molecule has 1 rings (SSSR count). The molecule has 90 valence electrons. The highest BCUT2D eigenvalue weighted by Gasteiger charge is 2.38. The van der Waals surface area contributed by atoms with Gasteiger partial charge in [-0.1, -0.05) is 20.8 Å². The first-order chi connectivity index (χ1) is 7.10. The summed E-state index contributed by atoms with van der Waals surface area (Å²) in [5.41, 5.74) is 0.396. The largest absolute Gasteiger partial charge is 0.385 e. The Balaban J connectivity index is 2.55. The van der Waals surface area contributed by atoms with Crippen molar-refractivity contribution in [1.82, 2.24) is 5.32 Å². The molecule has 15 heavy (non-hydrogen) atoms. The van der Waals surface area contributed by atoms with Gasteiger partial charge in [0.2, 0.25) is 0 Å². The third-order valence-corrected chi connectivity index (χ3v) is 3.75. The summed E-state index contributed by atoms with van der Waals surface area (Å²) >= 11 is 0. The number of ether oxygens (including phenoxy) is 1. The Morgan fingerprint density at radius 2 is 2.07 bits per heavy atom. The molecular formula is C13H27NO. The standard InChI is InChI=1S/C13H27NO/c1-11(2)10-13(7-5-8-14-13)12(3)6-9-15-4/h11-12,14H,5-10H2,1-4H3. The highest BCUT2D eigenvalue weighted by atomic mass is 16.5. The minimum absolute atomic E-state index is 0.396. The Morgan fingerprint density at radius 3 is 2.53 bits per heavy atom. The third-order valence-electron chi connectivity index (χ3n) is 3.75. The number of methoxy groups -OCH3 is 1. The quantitative estimate of drug-likeness (QED) is 0.732. The van der Waals surface area contributed by atoms with Crippen LogP contribution in [0, 0.1) is 11.8 Å². The maximum Gasteiger partial charge on any atom is 0.0465 e. The lowest BCUT2D eigenvalue weighted by Crippen LogP contribution is -2.47. The Labute approximate surface area is 94.8 Å². The summed E-state index contributed by atoms with van der Waals surface area (Å²) in [7, 11) is 1.80. The molecular weight excluding hydrogens is 186 g/mol. The van der Waals surface area contributed by atoms with E-state index in [9.17, 15) is 0 Å². The van der Waals surface area contributed by atoms with Crippen LogP contribution in [-0.2, 0) is 4.74 Å². The van der Waals surface area contributed by atoms with Gasteiger partial charge in [0, 0.05) is 19.3 Å². The molecule has 0 radical (unpaired) electrons. The van der Waals surface area contributed by atoms with Crippen LogP contribution in [0.4, 0.5) is 0 Å². The molecule has 0 spiro atoms. The minimum atomic E-state index is 0.396. The third kappa shape index (κ3) is 3.46. The van der Waals surface area contributed by atoms with Gasteiger partial charge in [-0.2, -0.15) is 0 Å². The van der Waals surface area contributed by atoms with Crippen LogP contribution < -0.4 is 5.32 Å². The van der Waals surface area contributed by atoms with Crippen molar-refractivity contribution in [3.63, 3.8) is 0 Å². The summed E-state index contributed by atoms with van der Waals surface area (Å²) in [5.74, 6) is 1.50. The fourth-order valence-electron chi connectivity index (χ4n) is 2.93. The van der Waals surface area contributed by atoms with Gasteiger partial charge in [0.25, 0.3) is 0 Å². The maximum atomic E-state index is 5.19. The Bertz CT molecular complexity index is 173. The van der Waals surface area contributed by atoms with Crippen LogP contribution in [0.15, 0.2) is 0 Å². The highest BCUT2D eigenvalue weighted by Crippen LogP contribution is 2.35. The van der Waals surface area contributed by atoms with Crippen LogP contribution in [0.3, 0.4) is 0 Å². The normalized spacial score (nSPS) is 28.6. The summed E-state index contributed by atoms with van der Waals surface area (Å²) in [6.45, 7) is 9.11. The molecule has 2 nitrogen and oxygen atoms in total. The zero-order valence-electron chi connectivity index (χ0n) is 10.8. The molecule has 0 bridgehead atoms. The lowest BCUT2D eigenvalue weighted by atomic mass is 9.76. The van der Waals surface area contributed by atoms with Gasteiger partial charge in [0.1, 0.15) is 0 Å². The summed E-state index contributed by atoms with van der Waals surface area (Å²) < 4.78 is 5.19. The van der Waals surface area contributed by atoms with E-state index in [-0.39, 0.29) is 0 Å². The van der Waals surface area contributed by atoms with Gasteiger partial charge in [0.15, 0.2) is 0 Å². The maximum absolute atomic E-state index is 5.19. The zero-order valence-corrected chi connectivity index (χ0v) is 10.8. The first-order valence-electron chi connectivity index (χ1n) is 6.34. The van der Waals surface area contributed by atoms with Gasteiger partial charge >= 0.3 is 0 Å². The molecule has 0 saturated carbocycles. The van der Waals surface area contributed by atoms with Gasteiger partial charge in [-0.05, 0) is 44.1 Å². The van der Waals surface area contributed by atoms with Crippen LogP contribution in [0.2, 0.25) is 0 Å². The molecule has 0 aromatic rings. The van der Waals surface area contributed by atoms with Crippen LogP contribution in [0.25, 0.3) is 0 Å². The van der Waals surface area contributed by atoms with Crippen LogP contribution in [0.1, 0.15) is 46.5 Å². The van der Waals surface area contributed by atoms with E-state index in [2.05, 4.69) is 26.1 Å². The highest BCUT2D eigenvalue weighted by molar-refractivity contribution is 4.97. The predicted molar refractivity (Wildman–Crippen MR) is 65.1 cm³/mol. The molecule has 1 N–H and O–H groups in total. The van der Waals surface area contributed by atoms with Crippen molar-refractivity contribution in [3.05, 3.63) is 0 Å². The molecule has 0 aromatic heterocycles. The minimum Gasteiger partial charge on any atom is -0.385 e. The van der Waals surface area contributed by atoms with E-state index < -0.39 is 0 Å². The first-order valence-corrected chi connectivity index (χ1v) is 6.34. The number of hydrogen-bond acceptors (Lipinski definition) is 2. The van der Waals surface area contributed by atoms with Gasteiger partial charge in [-0.15, -0.1) is 0 Å². The second kappa shape index (κ2) is 5.86. The van der Waals surface area contributed by atoms with E-state index in [1.807, 2.05) is 0 Å². The first kappa shape index (κ1) is 13.0. The van der Waals surface area contributed by atoms with Gasteiger partial charge in [-0.25, -0.2) is 0 Å². The smallest absolute Gasteiger partial charge is 0.0465 e. The van der Waals surface area contributed by atoms with Gasteiger partial charge in [-0.3, -0.25) is 0 Å². The van der Waals surface area contributed by atoms with Crippen molar-refractivity contribution >= 4 is 0 Å². The lowest BCUT2D eigenvalue weighted by molar-refractivity contribution is 0.135. The fraction of sp³-hybridized carbons (Fsp3) is 1.00. The summed E-state index contributed by atoms with van der Waals surface area (Å²) in [6, 6.07) is 0. The van der Waals surface area contributed by atoms with Crippen LogP contribution in [-0.4, -0.2) is 25.8 Å². The Kier molecular flexibility index (Phi) is 5.07. The zero-order chi connectivity index (χ0) is 11.3. The van der Waals surface area contributed by atoms with E-state index in [4.69, 9.17) is 4.74 Å². The fourth-order valence-corrected chi connectivity index (χ4v) is 2.93. The Morgan fingerprint density at radius 1 is 1.33 bits per heavy atom. The molecule has 1 heterocycles. The molecule has 0 amide bonds. The SMILES string of the molecule is COCCC(C)C1(CC(C)C)CCCN1. The average molecular weight is 213 g/mol. The second-order valence-electron chi connectivity index (χ2n) is 5.47. The topological polar surface area (TPSA) is 21.3 Å². The van der Waals surface area contributed by atoms with Gasteiger partial charge in [0.05, 0.1) is 0 Å². The van der Waals surface area contributed by atoms with Crippen molar-refractivity contribution in [3.8, 4) is 0 Å². The van der Waals surface area contributed by atoms with E-state index in [0.717, 1.165) is 18.4 Å². The number of nitrogens with one attached hydrogen (secondary N) is 1. The monoisotopic (exact) mass is 213 g/mol. The summed E-state index contributed by atoms with van der Waals surface area (Å²) in [5, 5.41) is 3.75. The molecule has 2 unspecified atom stereocenters. The molecule has 2 atom stereocenters. The predicted octanol–water partition coefficient (Wildman–Crippen LogP) is 2.83. The second-order valence-corrected chi connectivity index (χ2v) is 5.47. The van der Waals surface area contributed by atoms with Gasteiger partial charge < -0.3 is 10.1 Å². The van der Waals surface area contributed by atoms with Crippen molar-refractivity contribution in [2.45, 2.75) is 52.0 Å². The van der Waals surface area contributed by atoms with Crippen molar-refractivity contribution in [1.29, 1.82) is 0 Å². The number of rotatable bonds is 6. The lowest BCUT2D eigenvalue weighted by Gasteiger charge is -2.37. The molecule has 2 heteroatoms. The van der Waals surface area contributed by atoms with Crippen LogP contribution in [0.5, 0.6) is 0 Å². The average Bonchev–Trinajstić information content (AvgIpc) is 2.62. The van der Waals surface area contributed by atoms with Crippen molar-refractivity contribution in [2.24, 2.45) is 11.8 Å². The van der Waals surface area contributed by atoms with E-state index >= 15 is 0 Å². The molecule has 1 aliphatic heterocycles. The molecule has 1 saturated heterocycles. The van der Waals surface area contributed by atoms with Crippen LogP contribution >= 0.6 is 0 Å². The van der Waals surface area contributed by atoms with E-state index in [1.165, 1.54) is 32.2 Å². The van der Waals surface area contributed by atoms with Crippen molar-refractivity contribution < 1.29 is 4.74 Å². The van der Waals surface area contributed by atoms with Crippen molar-refractivity contribution in [2.75, 3.05) is 20.3 Å². The molecule has 1 aliphatic rings. The molecule has 1 fully saturated rings. The van der Waals surface area contributed by atoms with E-state index in [0.29, 0.717) is 5.54 Å². The summed E-state index contributed by atoms with van der Waals surface area (Å²) in [6.07, 6.45) is 5.16. The summed E-state index contributed by atoms with van der Waals surface area (Å²) in [4.78, 5) is 0. The Hall–Kier alpha value is -0.0800. The number of hydrogen-bond donors (Lipinski definition) is 1. The molecule has 0 aliphatic carbocycles.